The van der Waals surface area contributed by atoms with Crippen LogP contribution in [0.25, 0.3) is 0 Å². The minimum Gasteiger partial charge on any atom is -0.381 e. The molecular formula is C19H27N3O3. The number of ether oxygens (including phenoxy) is 1. The quantitative estimate of drug-likeness (QED) is 0.860. The summed E-state index contributed by atoms with van der Waals surface area (Å²) in [6, 6.07) is 9.90. The van der Waals surface area contributed by atoms with Crippen LogP contribution in [0.4, 0.5) is 0 Å². The Balaban J connectivity index is 1.37. The molecule has 0 bridgehead atoms. The predicted molar refractivity (Wildman–Crippen MR) is 94.9 cm³/mol. The van der Waals surface area contributed by atoms with Gasteiger partial charge < -0.3 is 15.0 Å². The third-order valence-electron chi connectivity index (χ3n) is 4.95. The van der Waals surface area contributed by atoms with Gasteiger partial charge in [-0.1, -0.05) is 30.3 Å². The average molecular weight is 345 g/mol. The van der Waals surface area contributed by atoms with E-state index in [4.69, 9.17) is 4.74 Å². The summed E-state index contributed by atoms with van der Waals surface area (Å²) in [6.45, 7) is 5.27. The van der Waals surface area contributed by atoms with Gasteiger partial charge in [-0.25, -0.2) is 0 Å². The van der Waals surface area contributed by atoms with E-state index in [0.29, 0.717) is 39.4 Å². The molecule has 0 unspecified atom stereocenters. The van der Waals surface area contributed by atoms with Crippen LogP contribution in [-0.2, 0) is 20.9 Å². The van der Waals surface area contributed by atoms with Crippen LogP contribution in [0.3, 0.4) is 0 Å². The molecule has 0 aliphatic carbocycles. The van der Waals surface area contributed by atoms with Gasteiger partial charge in [0.15, 0.2) is 0 Å². The van der Waals surface area contributed by atoms with Crippen molar-refractivity contribution in [2.75, 3.05) is 45.9 Å². The van der Waals surface area contributed by atoms with Crippen molar-refractivity contribution in [1.29, 1.82) is 0 Å². The standard InChI is InChI=1S/C19H27N3O3/c23-18(20-14-16-4-2-1-3-5-16)15-21-8-10-22(11-9-21)19(24)17-6-12-25-13-7-17/h1-5,17H,6-15H2,(H,20,23). The zero-order valence-corrected chi connectivity index (χ0v) is 14.7. The van der Waals surface area contributed by atoms with Gasteiger partial charge in [0.1, 0.15) is 0 Å². The minimum atomic E-state index is 0.0352. The van der Waals surface area contributed by atoms with Gasteiger partial charge in [0.05, 0.1) is 6.54 Å². The first kappa shape index (κ1) is 17.9. The van der Waals surface area contributed by atoms with Crippen molar-refractivity contribution >= 4 is 11.8 Å². The molecule has 0 saturated carbocycles. The Morgan fingerprint density at radius 2 is 1.72 bits per heavy atom. The average Bonchev–Trinajstić information content (AvgIpc) is 2.68. The normalized spacial score (nSPS) is 19.6. The molecule has 1 aromatic rings. The lowest BCUT2D eigenvalue weighted by Crippen LogP contribution is -2.52. The summed E-state index contributed by atoms with van der Waals surface area (Å²) in [5, 5.41) is 2.96. The van der Waals surface area contributed by atoms with Crippen LogP contribution in [0.5, 0.6) is 0 Å². The fraction of sp³-hybridized carbons (Fsp3) is 0.579. The molecule has 0 atom stereocenters. The van der Waals surface area contributed by atoms with Crippen LogP contribution < -0.4 is 5.32 Å². The van der Waals surface area contributed by atoms with Crippen molar-refractivity contribution in [2.45, 2.75) is 19.4 Å². The number of carbonyl (C=O) groups excluding carboxylic acids is 2. The summed E-state index contributed by atoms with van der Waals surface area (Å²) in [5.41, 5.74) is 1.10. The Kier molecular flexibility index (Phi) is 6.42. The lowest BCUT2D eigenvalue weighted by atomic mass is 9.98. The molecule has 136 valence electrons. The molecule has 2 fully saturated rings. The van der Waals surface area contributed by atoms with Gasteiger partial charge in [0.25, 0.3) is 0 Å². The third kappa shape index (κ3) is 5.28. The van der Waals surface area contributed by atoms with Crippen LogP contribution in [0.15, 0.2) is 30.3 Å². The van der Waals surface area contributed by atoms with E-state index in [1.165, 1.54) is 0 Å². The molecule has 0 radical (unpaired) electrons. The first-order chi connectivity index (χ1) is 12.2. The molecule has 2 amide bonds. The molecule has 1 aromatic carbocycles. The molecule has 0 spiro atoms. The highest BCUT2D eigenvalue weighted by Crippen LogP contribution is 2.18. The van der Waals surface area contributed by atoms with Gasteiger partial charge in [0, 0.05) is 51.9 Å². The molecule has 6 nitrogen and oxygen atoms in total. The minimum absolute atomic E-state index is 0.0352. The number of hydrogen-bond donors (Lipinski definition) is 1. The molecule has 0 aromatic heterocycles. The van der Waals surface area contributed by atoms with Crippen molar-refractivity contribution in [1.82, 2.24) is 15.1 Å². The van der Waals surface area contributed by atoms with Crippen molar-refractivity contribution in [2.24, 2.45) is 5.92 Å². The summed E-state index contributed by atoms with van der Waals surface area (Å²) >= 11 is 0. The smallest absolute Gasteiger partial charge is 0.234 e. The zero-order valence-electron chi connectivity index (χ0n) is 14.7. The maximum absolute atomic E-state index is 12.5. The first-order valence-corrected chi connectivity index (χ1v) is 9.12. The second-order valence-corrected chi connectivity index (χ2v) is 6.75. The lowest BCUT2D eigenvalue weighted by molar-refractivity contribution is -0.140. The summed E-state index contributed by atoms with van der Waals surface area (Å²) in [4.78, 5) is 28.7. The number of rotatable bonds is 5. The molecular weight excluding hydrogens is 318 g/mol. The Morgan fingerprint density at radius 1 is 1.04 bits per heavy atom. The zero-order chi connectivity index (χ0) is 17.5. The van der Waals surface area contributed by atoms with E-state index in [1.54, 1.807) is 0 Å². The second kappa shape index (κ2) is 8.97. The molecule has 6 heteroatoms. The fourth-order valence-corrected chi connectivity index (χ4v) is 3.38. The summed E-state index contributed by atoms with van der Waals surface area (Å²) in [6.07, 6.45) is 1.67. The van der Waals surface area contributed by atoms with Crippen LogP contribution in [0, 0.1) is 5.92 Å². The summed E-state index contributed by atoms with van der Waals surface area (Å²) < 4.78 is 5.33. The van der Waals surface area contributed by atoms with Crippen LogP contribution in [0.1, 0.15) is 18.4 Å². The summed E-state index contributed by atoms with van der Waals surface area (Å²) in [7, 11) is 0. The van der Waals surface area contributed by atoms with Gasteiger partial charge in [0.2, 0.25) is 11.8 Å². The van der Waals surface area contributed by atoms with E-state index >= 15 is 0 Å². The number of piperazine rings is 1. The van der Waals surface area contributed by atoms with Crippen molar-refractivity contribution in [3.8, 4) is 0 Å². The fourth-order valence-electron chi connectivity index (χ4n) is 3.38. The monoisotopic (exact) mass is 345 g/mol. The van der Waals surface area contributed by atoms with Crippen molar-refractivity contribution in [3.05, 3.63) is 35.9 Å². The van der Waals surface area contributed by atoms with E-state index < -0.39 is 0 Å². The molecule has 2 saturated heterocycles. The van der Waals surface area contributed by atoms with Crippen LogP contribution in [-0.4, -0.2) is 67.6 Å². The number of nitrogens with one attached hydrogen (secondary N) is 1. The van der Waals surface area contributed by atoms with E-state index in [-0.39, 0.29) is 17.7 Å². The Hall–Kier alpha value is -1.92. The van der Waals surface area contributed by atoms with Gasteiger partial charge in [-0.2, -0.15) is 0 Å². The van der Waals surface area contributed by atoms with E-state index in [9.17, 15) is 9.59 Å². The topological polar surface area (TPSA) is 61.9 Å². The Morgan fingerprint density at radius 3 is 2.40 bits per heavy atom. The molecule has 1 N–H and O–H groups in total. The number of benzene rings is 1. The Labute approximate surface area is 149 Å². The SMILES string of the molecule is O=C(CN1CCN(C(=O)C2CCOCC2)CC1)NCc1ccccc1. The number of amides is 2. The molecule has 2 aliphatic heterocycles. The van der Waals surface area contributed by atoms with Gasteiger partial charge in [-0.3, -0.25) is 14.5 Å². The largest absolute Gasteiger partial charge is 0.381 e. The highest BCUT2D eigenvalue weighted by molar-refractivity contribution is 5.79. The Bertz CT molecular complexity index is 565. The molecule has 3 rings (SSSR count). The van der Waals surface area contributed by atoms with E-state index in [1.807, 2.05) is 35.2 Å². The highest BCUT2D eigenvalue weighted by atomic mass is 16.5. The maximum atomic E-state index is 12.5. The summed E-state index contributed by atoms with van der Waals surface area (Å²) in [5.74, 6) is 0.416. The highest BCUT2D eigenvalue weighted by Gasteiger charge is 2.29. The van der Waals surface area contributed by atoms with Crippen LogP contribution in [0.2, 0.25) is 0 Å². The van der Waals surface area contributed by atoms with Gasteiger partial charge >= 0.3 is 0 Å². The second-order valence-electron chi connectivity index (χ2n) is 6.75. The third-order valence-corrected chi connectivity index (χ3v) is 4.95. The first-order valence-electron chi connectivity index (χ1n) is 9.12. The molecule has 25 heavy (non-hydrogen) atoms. The van der Waals surface area contributed by atoms with Gasteiger partial charge in [-0.15, -0.1) is 0 Å². The molecule has 2 aliphatic rings. The van der Waals surface area contributed by atoms with Crippen molar-refractivity contribution < 1.29 is 14.3 Å². The van der Waals surface area contributed by atoms with E-state index in [0.717, 1.165) is 31.5 Å². The van der Waals surface area contributed by atoms with E-state index in [2.05, 4.69) is 10.2 Å². The number of nitrogens with zero attached hydrogens (tertiary/aromatic N) is 2. The van der Waals surface area contributed by atoms with Crippen molar-refractivity contribution in [3.63, 3.8) is 0 Å². The maximum Gasteiger partial charge on any atom is 0.234 e. The predicted octanol–water partition coefficient (Wildman–Crippen LogP) is 0.874. The molecule has 2 heterocycles. The number of hydrogen-bond acceptors (Lipinski definition) is 4. The van der Waals surface area contributed by atoms with Crippen LogP contribution >= 0.6 is 0 Å². The number of carbonyl (C=O) groups is 2. The lowest BCUT2D eigenvalue weighted by Gasteiger charge is -2.36. The van der Waals surface area contributed by atoms with Gasteiger partial charge in [-0.05, 0) is 18.4 Å².